The Balaban J connectivity index is 1.36. The molecule has 5 rings (SSSR count). The predicted octanol–water partition coefficient (Wildman–Crippen LogP) is 5.14. The van der Waals surface area contributed by atoms with Crippen LogP contribution in [0, 0.1) is 5.92 Å². The highest BCUT2D eigenvalue weighted by atomic mass is 16.2. The molecule has 2 aliphatic carbocycles. The van der Waals surface area contributed by atoms with Crippen molar-refractivity contribution in [1.82, 2.24) is 5.32 Å². The van der Waals surface area contributed by atoms with Crippen molar-refractivity contribution in [2.24, 2.45) is 5.92 Å². The third-order valence-corrected chi connectivity index (χ3v) is 5.95. The van der Waals surface area contributed by atoms with Gasteiger partial charge >= 0.3 is 0 Å². The molecule has 146 valence electrons. The molecule has 0 saturated heterocycles. The number of rotatable bonds is 7. The van der Waals surface area contributed by atoms with Crippen LogP contribution >= 0.6 is 0 Å². The van der Waals surface area contributed by atoms with Gasteiger partial charge in [0, 0.05) is 17.3 Å². The number of hydrogen-bond donors (Lipinski definition) is 1. The summed E-state index contributed by atoms with van der Waals surface area (Å²) in [5.74, 6) is 0.930. The average molecular weight is 383 g/mol. The average Bonchev–Trinajstić information content (AvgIpc) is 3.70. The fourth-order valence-corrected chi connectivity index (χ4v) is 3.95. The van der Waals surface area contributed by atoms with E-state index in [0.717, 1.165) is 41.3 Å². The van der Waals surface area contributed by atoms with Gasteiger partial charge < -0.3 is 10.2 Å². The summed E-state index contributed by atoms with van der Waals surface area (Å²) < 4.78 is 0. The molecule has 1 amide bonds. The number of benzene rings is 3. The monoisotopic (exact) mass is 382 g/mol. The van der Waals surface area contributed by atoms with E-state index in [1.54, 1.807) is 0 Å². The molecule has 29 heavy (non-hydrogen) atoms. The fraction of sp³-hybridized carbons (Fsp3) is 0.269. The molecule has 1 N–H and O–H groups in total. The topological polar surface area (TPSA) is 32.3 Å². The van der Waals surface area contributed by atoms with E-state index in [1.165, 1.54) is 12.8 Å². The molecule has 0 aliphatic heterocycles. The second-order valence-electron chi connectivity index (χ2n) is 8.22. The maximum absolute atomic E-state index is 13.5. The van der Waals surface area contributed by atoms with Gasteiger partial charge in [-0.25, -0.2) is 0 Å². The van der Waals surface area contributed by atoms with E-state index in [1.807, 2.05) is 77.7 Å². The summed E-state index contributed by atoms with van der Waals surface area (Å²) in [5.41, 5.74) is 4.01. The third kappa shape index (κ3) is 4.10. The largest absolute Gasteiger partial charge is 0.312 e. The fourth-order valence-electron chi connectivity index (χ4n) is 3.95. The molecule has 2 fully saturated rings. The highest BCUT2D eigenvalue weighted by molar-refractivity contribution is 6.07. The first-order valence-electron chi connectivity index (χ1n) is 10.6. The highest BCUT2D eigenvalue weighted by Gasteiger charge is 2.45. The van der Waals surface area contributed by atoms with E-state index in [2.05, 4.69) is 17.4 Å². The van der Waals surface area contributed by atoms with Crippen LogP contribution in [0.1, 0.15) is 29.6 Å². The first kappa shape index (κ1) is 18.1. The van der Waals surface area contributed by atoms with Crippen molar-refractivity contribution in [3.05, 3.63) is 90.5 Å². The van der Waals surface area contributed by atoms with Gasteiger partial charge in [0.25, 0.3) is 5.91 Å². The Labute approximate surface area is 172 Å². The Kier molecular flexibility index (Phi) is 4.91. The molecule has 3 aromatic rings. The number of para-hydroxylation sites is 1. The van der Waals surface area contributed by atoms with Gasteiger partial charge in [0.1, 0.15) is 0 Å². The van der Waals surface area contributed by atoms with Gasteiger partial charge in [-0.3, -0.25) is 4.79 Å². The first-order valence-corrected chi connectivity index (χ1v) is 10.6. The lowest BCUT2D eigenvalue weighted by Gasteiger charge is -2.24. The van der Waals surface area contributed by atoms with Crippen molar-refractivity contribution in [3.63, 3.8) is 0 Å². The predicted molar refractivity (Wildman–Crippen MR) is 118 cm³/mol. The minimum absolute atomic E-state index is 0.0801. The maximum Gasteiger partial charge on any atom is 0.258 e. The molecule has 3 heteroatoms. The summed E-state index contributed by atoms with van der Waals surface area (Å²) in [6.45, 7) is 1.09. The Morgan fingerprint density at radius 2 is 1.45 bits per heavy atom. The quantitative estimate of drug-likeness (QED) is 0.614. The lowest BCUT2D eigenvalue weighted by atomic mass is 10.0. The number of nitrogens with zero attached hydrogens (tertiary/aromatic N) is 1. The molecule has 2 saturated carbocycles. The number of carbonyl (C=O) groups is 1. The van der Waals surface area contributed by atoms with Gasteiger partial charge in [0.05, 0.1) is 6.04 Å². The summed E-state index contributed by atoms with van der Waals surface area (Å²) in [4.78, 5) is 15.5. The molecular weight excluding hydrogens is 356 g/mol. The van der Waals surface area contributed by atoms with Crippen molar-refractivity contribution in [1.29, 1.82) is 0 Å². The van der Waals surface area contributed by atoms with E-state index < -0.39 is 0 Å². The molecular formula is C26H26N2O. The molecule has 3 nitrogen and oxygen atoms in total. The minimum atomic E-state index is 0.0801. The van der Waals surface area contributed by atoms with E-state index in [9.17, 15) is 4.79 Å². The van der Waals surface area contributed by atoms with E-state index >= 15 is 0 Å². The maximum atomic E-state index is 13.5. The van der Waals surface area contributed by atoms with Crippen LogP contribution in [-0.2, 0) is 0 Å². The third-order valence-electron chi connectivity index (χ3n) is 5.95. The van der Waals surface area contributed by atoms with Crippen LogP contribution in [0.2, 0.25) is 0 Å². The number of amides is 1. The molecule has 0 bridgehead atoms. The van der Waals surface area contributed by atoms with E-state index in [4.69, 9.17) is 0 Å². The summed E-state index contributed by atoms with van der Waals surface area (Å²) in [7, 11) is 0. The van der Waals surface area contributed by atoms with E-state index in [0.29, 0.717) is 6.04 Å². The smallest absolute Gasteiger partial charge is 0.258 e. The van der Waals surface area contributed by atoms with Gasteiger partial charge in [-0.1, -0.05) is 60.7 Å². The molecule has 0 spiro atoms. The van der Waals surface area contributed by atoms with Crippen molar-refractivity contribution in [2.45, 2.75) is 31.3 Å². The first-order chi connectivity index (χ1) is 14.3. The normalized spacial score (nSPS) is 20.3. The lowest BCUT2D eigenvalue weighted by Crippen LogP contribution is -2.37. The zero-order valence-corrected chi connectivity index (χ0v) is 16.5. The van der Waals surface area contributed by atoms with Crippen molar-refractivity contribution in [3.8, 4) is 11.1 Å². The second-order valence-corrected chi connectivity index (χ2v) is 8.22. The zero-order valence-electron chi connectivity index (χ0n) is 16.5. The van der Waals surface area contributed by atoms with Crippen LogP contribution in [-0.4, -0.2) is 24.5 Å². The zero-order chi connectivity index (χ0) is 19.6. The van der Waals surface area contributed by atoms with Crippen LogP contribution in [0.4, 0.5) is 5.69 Å². The molecule has 2 atom stereocenters. The Morgan fingerprint density at radius 1 is 0.828 bits per heavy atom. The molecule has 0 heterocycles. The van der Waals surface area contributed by atoms with Gasteiger partial charge in [0.15, 0.2) is 0 Å². The van der Waals surface area contributed by atoms with Crippen LogP contribution in [0.15, 0.2) is 84.9 Å². The van der Waals surface area contributed by atoms with Crippen molar-refractivity contribution < 1.29 is 4.79 Å². The Hall–Kier alpha value is -2.91. The van der Waals surface area contributed by atoms with Gasteiger partial charge in [-0.15, -0.1) is 0 Å². The minimum Gasteiger partial charge on any atom is -0.312 e. The number of anilines is 1. The standard InChI is InChI=1S/C26H26N2O/c29-26(22-15-13-21(14-16-22)20-7-3-1-4-8-20)28(23-9-5-2-6-10-23)25-17-24(25)27-18-19-11-12-19/h1-10,13-16,19,24-25,27H,11-12,17-18H2/t24-,25+/m1/s1. The summed E-state index contributed by atoms with van der Waals surface area (Å²) >= 11 is 0. The Morgan fingerprint density at radius 3 is 2.10 bits per heavy atom. The summed E-state index contributed by atoms with van der Waals surface area (Å²) in [6.07, 6.45) is 3.72. The van der Waals surface area contributed by atoms with Crippen molar-refractivity contribution in [2.75, 3.05) is 11.4 Å². The number of hydrogen-bond acceptors (Lipinski definition) is 2. The molecule has 0 unspecified atom stereocenters. The van der Waals surface area contributed by atoms with Crippen molar-refractivity contribution >= 4 is 11.6 Å². The van der Waals surface area contributed by atoms with Crippen LogP contribution in [0.25, 0.3) is 11.1 Å². The van der Waals surface area contributed by atoms with Gasteiger partial charge in [-0.2, -0.15) is 0 Å². The SMILES string of the molecule is O=C(c1ccc(-c2ccccc2)cc1)N(c1ccccc1)[C@H]1C[C@H]1NCC1CC1. The van der Waals surface area contributed by atoms with Crippen LogP contribution < -0.4 is 10.2 Å². The Bertz CT molecular complexity index is 965. The molecule has 3 aromatic carbocycles. The lowest BCUT2D eigenvalue weighted by molar-refractivity contribution is 0.0984. The summed E-state index contributed by atoms with van der Waals surface area (Å²) in [6, 6.07) is 29.0. The molecule has 2 aliphatic rings. The van der Waals surface area contributed by atoms with Crippen LogP contribution in [0.5, 0.6) is 0 Å². The molecule has 0 aromatic heterocycles. The molecule has 0 radical (unpaired) electrons. The number of nitrogens with one attached hydrogen (secondary N) is 1. The number of carbonyl (C=O) groups excluding carboxylic acids is 1. The second kappa shape index (κ2) is 7.84. The highest BCUT2D eigenvalue weighted by Crippen LogP contribution is 2.35. The summed E-state index contributed by atoms with van der Waals surface area (Å²) in [5, 5.41) is 3.66. The van der Waals surface area contributed by atoms with Crippen LogP contribution in [0.3, 0.4) is 0 Å². The van der Waals surface area contributed by atoms with E-state index in [-0.39, 0.29) is 11.9 Å². The van der Waals surface area contributed by atoms with Gasteiger partial charge in [-0.05, 0) is 67.1 Å². The van der Waals surface area contributed by atoms with Gasteiger partial charge in [0.2, 0.25) is 0 Å².